The van der Waals surface area contributed by atoms with Crippen LogP contribution in [0.3, 0.4) is 0 Å². The highest BCUT2D eigenvalue weighted by atomic mass is 32.2. The van der Waals surface area contributed by atoms with E-state index < -0.39 is 9.84 Å². The van der Waals surface area contributed by atoms with E-state index in [1.165, 1.54) is 11.2 Å². The predicted molar refractivity (Wildman–Crippen MR) is 115 cm³/mol. The Balaban J connectivity index is 1.50. The molecule has 10 heteroatoms. The zero-order valence-electron chi connectivity index (χ0n) is 17.7. The number of anilines is 1. The van der Waals surface area contributed by atoms with E-state index in [1.54, 1.807) is 36.2 Å². The van der Waals surface area contributed by atoms with E-state index in [4.69, 9.17) is 4.42 Å². The van der Waals surface area contributed by atoms with Crippen LogP contribution in [0.15, 0.2) is 34.9 Å². The molecule has 166 valence electrons. The smallest absolute Gasteiger partial charge is 0.289 e. The molecule has 2 aromatic heterocycles. The summed E-state index contributed by atoms with van der Waals surface area (Å²) in [6, 6.07) is 6.54. The molecule has 9 nitrogen and oxygen atoms in total. The normalized spacial score (nSPS) is 20.6. The number of pyridine rings is 1. The summed E-state index contributed by atoms with van der Waals surface area (Å²) in [5.74, 6) is 0.602. The third kappa shape index (κ3) is 4.43. The number of rotatable bonds is 4. The molecule has 31 heavy (non-hydrogen) atoms. The van der Waals surface area contributed by atoms with Crippen LogP contribution in [0.2, 0.25) is 0 Å². The van der Waals surface area contributed by atoms with Gasteiger partial charge < -0.3 is 19.1 Å². The SMILES string of the molecule is Cc1ccc(C(=O)N(C)C2CCS(=O)(=O)C2)c(N2CCN(C(=O)c3ccco3)CC2)n1. The molecule has 4 heterocycles. The second-order valence-electron chi connectivity index (χ2n) is 8.05. The Morgan fingerprint density at radius 1 is 1.16 bits per heavy atom. The molecule has 0 radical (unpaired) electrons. The summed E-state index contributed by atoms with van der Waals surface area (Å²) in [6.45, 7) is 3.90. The van der Waals surface area contributed by atoms with Gasteiger partial charge in [0.15, 0.2) is 15.6 Å². The lowest BCUT2D eigenvalue weighted by Crippen LogP contribution is -2.49. The zero-order chi connectivity index (χ0) is 22.2. The van der Waals surface area contributed by atoms with E-state index in [1.807, 2.05) is 11.8 Å². The molecule has 0 aromatic carbocycles. The number of nitrogens with zero attached hydrogens (tertiary/aromatic N) is 4. The molecular formula is C21H26N4O5S. The molecule has 1 unspecified atom stereocenters. The molecule has 4 rings (SSSR count). The average Bonchev–Trinajstić information content (AvgIpc) is 3.42. The van der Waals surface area contributed by atoms with Gasteiger partial charge in [0.05, 0.1) is 23.3 Å². The van der Waals surface area contributed by atoms with Crippen molar-refractivity contribution in [2.45, 2.75) is 19.4 Å². The molecule has 2 amide bonds. The first-order valence-corrected chi connectivity index (χ1v) is 12.1. The Hall–Kier alpha value is -2.88. The number of sulfone groups is 1. The van der Waals surface area contributed by atoms with Crippen LogP contribution in [0.4, 0.5) is 5.82 Å². The van der Waals surface area contributed by atoms with Crippen molar-refractivity contribution in [3.05, 3.63) is 47.5 Å². The number of hydrogen-bond donors (Lipinski definition) is 0. The van der Waals surface area contributed by atoms with Crippen molar-refractivity contribution in [2.75, 3.05) is 49.6 Å². The first-order valence-electron chi connectivity index (χ1n) is 10.3. The van der Waals surface area contributed by atoms with E-state index in [-0.39, 0.29) is 29.4 Å². The molecule has 2 aliphatic rings. The lowest BCUT2D eigenvalue weighted by atomic mass is 10.1. The van der Waals surface area contributed by atoms with Gasteiger partial charge in [-0.15, -0.1) is 0 Å². The summed E-state index contributed by atoms with van der Waals surface area (Å²) in [6.07, 6.45) is 1.93. The molecule has 1 atom stereocenters. The molecule has 2 fully saturated rings. The van der Waals surface area contributed by atoms with Crippen LogP contribution >= 0.6 is 0 Å². The van der Waals surface area contributed by atoms with Gasteiger partial charge in [-0.2, -0.15) is 0 Å². The second-order valence-corrected chi connectivity index (χ2v) is 10.3. The Morgan fingerprint density at radius 3 is 2.52 bits per heavy atom. The molecule has 2 aromatic rings. The van der Waals surface area contributed by atoms with Gasteiger partial charge >= 0.3 is 0 Å². The van der Waals surface area contributed by atoms with Gasteiger partial charge in [0.1, 0.15) is 5.82 Å². The third-order valence-electron chi connectivity index (χ3n) is 5.92. The number of furan rings is 1. The summed E-state index contributed by atoms with van der Waals surface area (Å²) in [4.78, 5) is 35.6. The average molecular weight is 447 g/mol. The first kappa shape index (κ1) is 21.4. The number of aromatic nitrogens is 1. The summed E-state index contributed by atoms with van der Waals surface area (Å²) >= 11 is 0. The monoisotopic (exact) mass is 446 g/mol. The van der Waals surface area contributed by atoms with Gasteiger partial charge in [-0.3, -0.25) is 9.59 Å². The van der Waals surface area contributed by atoms with Gasteiger partial charge in [-0.1, -0.05) is 0 Å². The molecule has 0 spiro atoms. The van der Waals surface area contributed by atoms with Crippen LogP contribution in [0.25, 0.3) is 0 Å². The highest BCUT2D eigenvalue weighted by molar-refractivity contribution is 7.91. The number of carbonyl (C=O) groups excluding carboxylic acids is 2. The lowest BCUT2D eigenvalue weighted by Gasteiger charge is -2.36. The van der Waals surface area contributed by atoms with Crippen LogP contribution in [0.5, 0.6) is 0 Å². The van der Waals surface area contributed by atoms with Gasteiger partial charge in [-0.05, 0) is 37.6 Å². The van der Waals surface area contributed by atoms with Gasteiger partial charge in [-0.25, -0.2) is 13.4 Å². The van der Waals surface area contributed by atoms with Gasteiger partial charge in [0.25, 0.3) is 11.8 Å². The minimum Gasteiger partial charge on any atom is -0.459 e. The number of amides is 2. The first-order chi connectivity index (χ1) is 14.7. The number of carbonyl (C=O) groups is 2. The van der Waals surface area contributed by atoms with Crippen molar-refractivity contribution in [1.82, 2.24) is 14.8 Å². The molecule has 0 bridgehead atoms. The van der Waals surface area contributed by atoms with E-state index >= 15 is 0 Å². The zero-order valence-corrected chi connectivity index (χ0v) is 18.5. The topological polar surface area (TPSA) is 104 Å². The standard InChI is InChI=1S/C21H26N4O5S/c1-15-5-6-17(20(26)23(2)16-7-13-31(28,29)14-16)19(22-15)24-8-10-25(11-9-24)21(27)18-4-3-12-30-18/h3-6,12,16H,7-11,13-14H2,1-2H3. The Morgan fingerprint density at radius 2 is 1.90 bits per heavy atom. The van der Waals surface area contributed by atoms with Crippen molar-refractivity contribution in [3.63, 3.8) is 0 Å². The molecule has 2 saturated heterocycles. The maximum absolute atomic E-state index is 13.2. The van der Waals surface area contributed by atoms with E-state index in [2.05, 4.69) is 4.98 Å². The number of hydrogen-bond acceptors (Lipinski definition) is 7. The van der Waals surface area contributed by atoms with Gasteiger partial charge in [0.2, 0.25) is 0 Å². The summed E-state index contributed by atoms with van der Waals surface area (Å²) in [5, 5.41) is 0. The van der Waals surface area contributed by atoms with Crippen LogP contribution in [0, 0.1) is 6.92 Å². The quantitative estimate of drug-likeness (QED) is 0.695. The van der Waals surface area contributed by atoms with E-state index in [9.17, 15) is 18.0 Å². The third-order valence-corrected chi connectivity index (χ3v) is 7.67. The van der Waals surface area contributed by atoms with Crippen molar-refractivity contribution >= 4 is 27.5 Å². The molecule has 2 aliphatic heterocycles. The summed E-state index contributed by atoms with van der Waals surface area (Å²) in [7, 11) is -1.44. The Kier molecular flexibility index (Phi) is 5.74. The second kappa shape index (κ2) is 8.33. The predicted octanol–water partition coefficient (Wildman–Crippen LogP) is 1.20. The van der Waals surface area contributed by atoms with E-state index in [0.717, 1.165) is 5.69 Å². The lowest BCUT2D eigenvalue weighted by molar-refractivity contribution is 0.0709. The molecule has 0 saturated carbocycles. The van der Waals surface area contributed by atoms with Crippen molar-refractivity contribution in [2.24, 2.45) is 0 Å². The molecular weight excluding hydrogens is 420 g/mol. The fraction of sp³-hybridized carbons (Fsp3) is 0.476. The highest BCUT2D eigenvalue weighted by Gasteiger charge is 2.34. The van der Waals surface area contributed by atoms with E-state index in [0.29, 0.717) is 49.7 Å². The maximum Gasteiger partial charge on any atom is 0.289 e. The maximum atomic E-state index is 13.2. The Bertz CT molecular complexity index is 1080. The largest absolute Gasteiger partial charge is 0.459 e. The summed E-state index contributed by atoms with van der Waals surface area (Å²) in [5.41, 5.74) is 1.23. The molecule has 0 aliphatic carbocycles. The van der Waals surface area contributed by atoms with Crippen molar-refractivity contribution < 1.29 is 22.4 Å². The minimum atomic E-state index is -3.09. The van der Waals surface area contributed by atoms with Crippen LogP contribution in [-0.2, 0) is 9.84 Å². The number of aryl methyl sites for hydroxylation is 1. The van der Waals surface area contributed by atoms with Gasteiger partial charge in [0, 0.05) is 45.0 Å². The van der Waals surface area contributed by atoms with Crippen molar-refractivity contribution in [3.8, 4) is 0 Å². The fourth-order valence-electron chi connectivity index (χ4n) is 4.07. The van der Waals surface area contributed by atoms with Crippen LogP contribution in [0.1, 0.15) is 33.0 Å². The molecule has 0 N–H and O–H groups in total. The Labute approximate surface area is 181 Å². The minimum absolute atomic E-state index is 0.00255. The number of piperazine rings is 1. The van der Waals surface area contributed by atoms with Crippen LogP contribution < -0.4 is 4.90 Å². The van der Waals surface area contributed by atoms with Crippen molar-refractivity contribution in [1.29, 1.82) is 0 Å². The summed E-state index contributed by atoms with van der Waals surface area (Å²) < 4.78 is 28.9. The van der Waals surface area contributed by atoms with Crippen LogP contribution in [-0.4, -0.2) is 85.8 Å². The highest BCUT2D eigenvalue weighted by Crippen LogP contribution is 2.25. The fourth-order valence-corrected chi connectivity index (χ4v) is 5.84.